The molecule has 1 aliphatic heterocycles. The number of amides is 2. The molecule has 0 aromatic heterocycles. The van der Waals surface area contributed by atoms with E-state index >= 15 is 0 Å². The Morgan fingerprint density at radius 2 is 2.10 bits per heavy atom. The quantitative estimate of drug-likeness (QED) is 0.640. The lowest BCUT2D eigenvalue weighted by atomic mass is 9.92. The molecule has 0 radical (unpaired) electrons. The zero-order valence-corrected chi connectivity index (χ0v) is 11.4. The predicted molar refractivity (Wildman–Crippen MR) is 71.6 cm³/mol. The van der Waals surface area contributed by atoms with E-state index in [9.17, 15) is 14.4 Å². The Bertz CT molecular complexity index is 556. The lowest BCUT2D eigenvalue weighted by molar-refractivity contribution is -0.163. The number of hydrogen-bond donors (Lipinski definition) is 1. The Labute approximate surface area is 116 Å². The minimum absolute atomic E-state index is 0.282. The Morgan fingerprint density at radius 3 is 2.75 bits per heavy atom. The molecule has 0 spiro atoms. The number of rotatable bonds is 2. The lowest BCUT2D eigenvalue weighted by Crippen LogP contribution is -2.46. The van der Waals surface area contributed by atoms with Crippen molar-refractivity contribution in [1.82, 2.24) is 5.48 Å². The molecule has 0 bridgehead atoms. The Hall–Kier alpha value is -2.37. The SMILES string of the molecule is CCN1C(=O)C(C(=O)ONC(C)=O)Cc2ccccc21. The van der Waals surface area contributed by atoms with Gasteiger partial charge >= 0.3 is 5.97 Å². The third-order valence-electron chi connectivity index (χ3n) is 3.17. The average molecular weight is 276 g/mol. The summed E-state index contributed by atoms with van der Waals surface area (Å²) in [6, 6.07) is 7.44. The van der Waals surface area contributed by atoms with Crippen molar-refractivity contribution in [2.45, 2.75) is 20.3 Å². The number of para-hydroxylation sites is 1. The molecule has 106 valence electrons. The topological polar surface area (TPSA) is 75.7 Å². The van der Waals surface area contributed by atoms with Crippen LogP contribution in [0, 0.1) is 5.92 Å². The molecular formula is C14H16N2O4. The molecule has 1 N–H and O–H groups in total. The standard InChI is InChI=1S/C14H16N2O4/c1-3-16-12-7-5-4-6-10(12)8-11(13(16)18)14(19)20-15-9(2)17/h4-7,11H,3,8H2,1-2H3,(H,15,17). The highest BCUT2D eigenvalue weighted by atomic mass is 16.7. The molecule has 1 heterocycles. The Kier molecular flexibility index (Phi) is 4.02. The highest BCUT2D eigenvalue weighted by molar-refractivity contribution is 6.08. The van der Waals surface area contributed by atoms with Gasteiger partial charge in [-0.15, -0.1) is 0 Å². The van der Waals surface area contributed by atoms with Crippen molar-refractivity contribution in [3.05, 3.63) is 29.8 Å². The molecule has 0 fully saturated rings. The van der Waals surface area contributed by atoms with Crippen LogP contribution in [0.5, 0.6) is 0 Å². The van der Waals surface area contributed by atoms with Crippen LogP contribution in [0.1, 0.15) is 19.4 Å². The van der Waals surface area contributed by atoms with Gasteiger partial charge in [0.25, 0.3) is 0 Å². The smallest absolute Gasteiger partial charge is 0.340 e. The van der Waals surface area contributed by atoms with Gasteiger partial charge in [0, 0.05) is 19.2 Å². The normalized spacial score (nSPS) is 17.4. The molecule has 0 aliphatic carbocycles. The van der Waals surface area contributed by atoms with E-state index in [-0.39, 0.29) is 12.3 Å². The number of anilines is 1. The molecule has 1 aromatic carbocycles. The van der Waals surface area contributed by atoms with Crippen molar-refractivity contribution >= 4 is 23.5 Å². The highest BCUT2D eigenvalue weighted by Crippen LogP contribution is 2.30. The number of carbonyl (C=O) groups excluding carboxylic acids is 3. The number of fused-ring (bicyclic) bond motifs is 1. The van der Waals surface area contributed by atoms with Gasteiger partial charge in [0.1, 0.15) is 5.92 Å². The van der Waals surface area contributed by atoms with E-state index in [0.717, 1.165) is 11.3 Å². The molecule has 2 rings (SSSR count). The van der Waals surface area contributed by atoms with Crippen molar-refractivity contribution in [2.75, 3.05) is 11.4 Å². The zero-order valence-electron chi connectivity index (χ0n) is 11.4. The van der Waals surface area contributed by atoms with E-state index in [4.69, 9.17) is 0 Å². The van der Waals surface area contributed by atoms with Crippen LogP contribution in [0.15, 0.2) is 24.3 Å². The van der Waals surface area contributed by atoms with Gasteiger partial charge in [-0.1, -0.05) is 18.2 Å². The van der Waals surface area contributed by atoms with Gasteiger partial charge in [0.2, 0.25) is 11.8 Å². The molecule has 2 amide bonds. The molecule has 1 unspecified atom stereocenters. The maximum Gasteiger partial charge on any atom is 0.344 e. The Morgan fingerprint density at radius 1 is 1.40 bits per heavy atom. The highest BCUT2D eigenvalue weighted by Gasteiger charge is 2.38. The first-order chi connectivity index (χ1) is 9.54. The fourth-order valence-corrected chi connectivity index (χ4v) is 2.26. The summed E-state index contributed by atoms with van der Waals surface area (Å²) in [6.45, 7) is 3.54. The second kappa shape index (κ2) is 5.73. The van der Waals surface area contributed by atoms with Crippen LogP contribution in [0.3, 0.4) is 0 Å². The van der Waals surface area contributed by atoms with Crippen LogP contribution in [-0.4, -0.2) is 24.3 Å². The van der Waals surface area contributed by atoms with Crippen LogP contribution in [0.2, 0.25) is 0 Å². The first-order valence-corrected chi connectivity index (χ1v) is 6.41. The summed E-state index contributed by atoms with van der Waals surface area (Å²) in [4.78, 5) is 41.2. The van der Waals surface area contributed by atoms with Crippen molar-refractivity contribution in [2.24, 2.45) is 5.92 Å². The lowest BCUT2D eigenvalue weighted by Gasteiger charge is -2.32. The van der Waals surface area contributed by atoms with E-state index in [1.54, 1.807) is 4.90 Å². The molecular weight excluding hydrogens is 260 g/mol. The number of hydroxylamine groups is 1. The van der Waals surface area contributed by atoms with Gasteiger partial charge in [-0.2, -0.15) is 5.48 Å². The van der Waals surface area contributed by atoms with Crippen LogP contribution in [0.25, 0.3) is 0 Å². The number of hydrogen-bond acceptors (Lipinski definition) is 4. The molecule has 1 aromatic rings. The van der Waals surface area contributed by atoms with Gasteiger partial charge < -0.3 is 9.74 Å². The first kappa shape index (κ1) is 14.0. The van der Waals surface area contributed by atoms with E-state index in [1.165, 1.54) is 6.92 Å². The maximum atomic E-state index is 12.3. The minimum Gasteiger partial charge on any atom is -0.340 e. The average Bonchev–Trinajstić information content (AvgIpc) is 2.44. The second-order valence-electron chi connectivity index (χ2n) is 4.55. The molecule has 6 heteroatoms. The number of nitrogens with zero attached hydrogens (tertiary/aromatic N) is 1. The maximum absolute atomic E-state index is 12.3. The van der Waals surface area contributed by atoms with E-state index in [2.05, 4.69) is 4.84 Å². The summed E-state index contributed by atoms with van der Waals surface area (Å²) in [7, 11) is 0. The fourth-order valence-electron chi connectivity index (χ4n) is 2.26. The molecule has 0 saturated heterocycles. The summed E-state index contributed by atoms with van der Waals surface area (Å²) in [5.74, 6) is -2.45. The van der Waals surface area contributed by atoms with Crippen LogP contribution in [-0.2, 0) is 25.6 Å². The third kappa shape index (κ3) is 2.64. The van der Waals surface area contributed by atoms with Crippen LogP contribution in [0.4, 0.5) is 5.69 Å². The summed E-state index contributed by atoms with van der Waals surface area (Å²) >= 11 is 0. The van der Waals surface area contributed by atoms with Gasteiger partial charge in [0.15, 0.2) is 0 Å². The zero-order chi connectivity index (χ0) is 14.7. The molecule has 6 nitrogen and oxygen atoms in total. The summed E-state index contributed by atoms with van der Waals surface area (Å²) in [6.07, 6.45) is 0.282. The van der Waals surface area contributed by atoms with Gasteiger partial charge in [0.05, 0.1) is 0 Å². The molecule has 0 saturated carbocycles. The van der Waals surface area contributed by atoms with Crippen LogP contribution < -0.4 is 10.4 Å². The predicted octanol–water partition coefficient (Wildman–Crippen LogP) is 0.806. The largest absolute Gasteiger partial charge is 0.344 e. The van der Waals surface area contributed by atoms with Crippen molar-refractivity contribution in [3.8, 4) is 0 Å². The van der Waals surface area contributed by atoms with Gasteiger partial charge in [-0.3, -0.25) is 9.59 Å². The second-order valence-corrected chi connectivity index (χ2v) is 4.55. The summed E-state index contributed by atoms with van der Waals surface area (Å²) in [5.41, 5.74) is 3.70. The monoisotopic (exact) mass is 276 g/mol. The molecule has 20 heavy (non-hydrogen) atoms. The van der Waals surface area contributed by atoms with Crippen LogP contribution >= 0.6 is 0 Å². The fraction of sp³-hybridized carbons (Fsp3) is 0.357. The first-order valence-electron chi connectivity index (χ1n) is 6.41. The summed E-state index contributed by atoms with van der Waals surface area (Å²) < 4.78 is 0. The van der Waals surface area contributed by atoms with E-state index < -0.39 is 17.8 Å². The third-order valence-corrected chi connectivity index (χ3v) is 3.17. The van der Waals surface area contributed by atoms with Crippen molar-refractivity contribution < 1.29 is 19.2 Å². The van der Waals surface area contributed by atoms with E-state index in [1.807, 2.05) is 36.7 Å². The molecule has 1 aliphatic rings. The molecule has 1 atom stereocenters. The van der Waals surface area contributed by atoms with Gasteiger partial charge in [-0.05, 0) is 25.0 Å². The number of nitrogens with one attached hydrogen (secondary N) is 1. The van der Waals surface area contributed by atoms with Crippen molar-refractivity contribution in [3.63, 3.8) is 0 Å². The Balaban J connectivity index is 2.23. The van der Waals surface area contributed by atoms with Gasteiger partial charge in [-0.25, -0.2) is 4.79 Å². The number of carbonyl (C=O) groups is 3. The van der Waals surface area contributed by atoms with E-state index in [0.29, 0.717) is 6.54 Å². The minimum atomic E-state index is -0.920. The van der Waals surface area contributed by atoms with Crippen molar-refractivity contribution in [1.29, 1.82) is 0 Å². The number of benzene rings is 1. The summed E-state index contributed by atoms with van der Waals surface area (Å²) in [5, 5.41) is 0.